The van der Waals surface area contributed by atoms with Crippen molar-refractivity contribution in [3.05, 3.63) is 54.1 Å². The van der Waals surface area contributed by atoms with Crippen molar-refractivity contribution in [2.45, 2.75) is 32.2 Å². The number of hydrogen-bond acceptors (Lipinski definition) is 4. The maximum absolute atomic E-state index is 14.4. The number of amides is 1. The molecule has 9 heteroatoms. The molecule has 174 valence electrons. The Hall–Kier alpha value is -2.43. The summed E-state index contributed by atoms with van der Waals surface area (Å²) in [5.74, 6) is 0.898. The fourth-order valence-electron chi connectivity index (χ4n) is 3.92. The first-order valence-corrected chi connectivity index (χ1v) is 10.5. The molecule has 7 nitrogen and oxygen atoms in total. The molecule has 1 amide bonds. The number of carbonyl (C=O) groups is 1. The Bertz CT molecular complexity index is 918. The lowest BCUT2D eigenvalue weighted by Gasteiger charge is -2.31. The highest BCUT2D eigenvalue weighted by Crippen LogP contribution is 2.38. The van der Waals surface area contributed by atoms with Gasteiger partial charge in [0.1, 0.15) is 5.75 Å². The summed E-state index contributed by atoms with van der Waals surface area (Å²) in [7, 11) is 5.27. The number of nitrogens with one attached hydrogen (secondary N) is 2. The molecule has 2 aromatic rings. The number of hydrogen-bond donors (Lipinski definition) is 2. The lowest BCUT2D eigenvalue weighted by atomic mass is 9.84. The van der Waals surface area contributed by atoms with Gasteiger partial charge < -0.3 is 20.3 Å². The van der Waals surface area contributed by atoms with E-state index in [0.717, 1.165) is 31.2 Å². The molecule has 0 bridgehead atoms. The Morgan fingerprint density at radius 2 is 2.00 bits per heavy atom. The third kappa shape index (κ3) is 6.54. The third-order valence-electron chi connectivity index (χ3n) is 5.56. The van der Waals surface area contributed by atoms with E-state index in [4.69, 9.17) is 4.74 Å². The van der Waals surface area contributed by atoms with Crippen LogP contribution in [0.3, 0.4) is 0 Å². The van der Waals surface area contributed by atoms with Gasteiger partial charge in [-0.15, -0.1) is 24.0 Å². The first-order valence-electron chi connectivity index (χ1n) is 10.5. The van der Waals surface area contributed by atoms with Gasteiger partial charge in [0.2, 0.25) is 5.91 Å². The van der Waals surface area contributed by atoms with Crippen LogP contribution in [0.4, 0.5) is 4.39 Å². The second kappa shape index (κ2) is 12.0. The minimum atomic E-state index is -0.451. The molecule has 0 unspecified atom stereocenters. The van der Waals surface area contributed by atoms with Crippen molar-refractivity contribution < 1.29 is 13.9 Å². The molecule has 1 aromatic carbocycles. The zero-order chi connectivity index (χ0) is 22.3. The zero-order valence-electron chi connectivity index (χ0n) is 18.7. The predicted molar refractivity (Wildman–Crippen MR) is 134 cm³/mol. The highest BCUT2D eigenvalue weighted by Gasteiger charge is 2.42. The third-order valence-corrected chi connectivity index (χ3v) is 5.56. The number of guanidine groups is 1. The summed E-state index contributed by atoms with van der Waals surface area (Å²) in [6, 6.07) is 8.27. The van der Waals surface area contributed by atoms with E-state index in [9.17, 15) is 9.18 Å². The van der Waals surface area contributed by atoms with Gasteiger partial charge >= 0.3 is 0 Å². The number of rotatable bonds is 7. The van der Waals surface area contributed by atoms with Crippen molar-refractivity contribution in [3.63, 3.8) is 0 Å². The summed E-state index contributed by atoms with van der Waals surface area (Å²) < 4.78 is 20.0. The molecule has 1 saturated carbocycles. The monoisotopic (exact) mass is 555 g/mol. The Balaban J connectivity index is 0.00000363. The van der Waals surface area contributed by atoms with Gasteiger partial charge in [-0.05, 0) is 42.7 Å². The van der Waals surface area contributed by atoms with Crippen LogP contribution in [-0.2, 0) is 11.3 Å². The molecule has 0 spiro atoms. The molecular formula is C23H31FIN5O2. The van der Waals surface area contributed by atoms with Gasteiger partial charge in [0.15, 0.2) is 17.5 Å². The summed E-state index contributed by atoms with van der Waals surface area (Å²) in [6.45, 7) is 0.911. The lowest BCUT2D eigenvalue weighted by Crippen LogP contribution is -2.49. The molecule has 1 aliphatic rings. The van der Waals surface area contributed by atoms with Gasteiger partial charge in [0, 0.05) is 40.4 Å². The number of benzene rings is 1. The molecule has 1 aromatic heterocycles. The Morgan fingerprint density at radius 1 is 1.25 bits per heavy atom. The first-order chi connectivity index (χ1) is 14.9. The number of nitrogens with zero attached hydrogens (tertiary/aromatic N) is 3. The van der Waals surface area contributed by atoms with Gasteiger partial charge in [0.05, 0.1) is 11.6 Å². The summed E-state index contributed by atoms with van der Waals surface area (Å²) in [4.78, 5) is 22.6. The second-order valence-electron chi connectivity index (χ2n) is 8.02. The minimum absolute atomic E-state index is 0. The van der Waals surface area contributed by atoms with Crippen LogP contribution in [0.2, 0.25) is 0 Å². The Kier molecular flexibility index (Phi) is 9.67. The van der Waals surface area contributed by atoms with Crippen LogP contribution < -0.4 is 15.4 Å². The van der Waals surface area contributed by atoms with Crippen molar-refractivity contribution in [2.75, 3.05) is 27.7 Å². The van der Waals surface area contributed by atoms with E-state index in [1.807, 2.05) is 0 Å². The Morgan fingerprint density at radius 3 is 2.59 bits per heavy atom. The van der Waals surface area contributed by atoms with Crippen LogP contribution >= 0.6 is 24.0 Å². The summed E-state index contributed by atoms with van der Waals surface area (Å²) in [5, 5.41) is 6.47. The maximum Gasteiger partial charge on any atom is 0.230 e. The number of carbonyl (C=O) groups excluding carboxylic acids is 1. The van der Waals surface area contributed by atoms with Gasteiger partial charge in [-0.25, -0.2) is 4.39 Å². The van der Waals surface area contributed by atoms with Crippen LogP contribution in [0.15, 0.2) is 47.7 Å². The average molecular weight is 555 g/mol. The van der Waals surface area contributed by atoms with E-state index >= 15 is 0 Å². The number of halogens is 2. The molecule has 32 heavy (non-hydrogen) atoms. The summed E-state index contributed by atoms with van der Waals surface area (Å²) in [5.41, 5.74) is 0.359. The second-order valence-corrected chi connectivity index (χ2v) is 8.02. The molecule has 1 heterocycles. The van der Waals surface area contributed by atoms with E-state index in [1.54, 1.807) is 56.5 Å². The van der Waals surface area contributed by atoms with Crippen LogP contribution in [0.5, 0.6) is 11.5 Å². The highest BCUT2D eigenvalue weighted by atomic mass is 127. The normalized spacial score (nSPS) is 14.9. The number of aromatic nitrogens is 1. The zero-order valence-corrected chi connectivity index (χ0v) is 21.1. The van der Waals surface area contributed by atoms with Crippen molar-refractivity contribution in [3.8, 4) is 11.5 Å². The van der Waals surface area contributed by atoms with Gasteiger partial charge in [-0.2, -0.15) is 0 Å². The number of ether oxygens (including phenoxy) is 1. The average Bonchev–Trinajstić information content (AvgIpc) is 3.26. The first kappa shape index (κ1) is 25.8. The fourth-order valence-corrected chi connectivity index (χ4v) is 3.92. The molecule has 0 atom stereocenters. The molecule has 3 rings (SSSR count). The van der Waals surface area contributed by atoms with Gasteiger partial charge in [-0.3, -0.25) is 14.8 Å². The highest BCUT2D eigenvalue weighted by molar-refractivity contribution is 14.0. The smallest absolute Gasteiger partial charge is 0.230 e. The quantitative estimate of drug-likeness (QED) is 0.308. The number of aliphatic imine (C=N–C) groups is 1. The summed E-state index contributed by atoms with van der Waals surface area (Å²) in [6.07, 6.45) is 7.02. The van der Waals surface area contributed by atoms with Gasteiger partial charge in [0.25, 0.3) is 0 Å². The molecule has 1 aliphatic carbocycles. The van der Waals surface area contributed by atoms with E-state index in [-0.39, 0.29) is 35.6 Å². The molecule has 0 radical (unpaired) electrons. The van der Waals surface area contributed by atoms with Crippen molar-refractivity contribution in [1.29, 1.82) is 0 Å². The van der Waals surface area contributed by atoms with Crippen molar-refractivity contribution in [2.24, 2.45) is 10.4 Å². The van der Waals surface area contributed by atoms with Crippen molar-refractivity contribution >= 4 is 35.8 Å². The standard InChI is InChI=1S/C23H30FN5O2.HI/c1-25-22(28-16-23(10-4-5-11-23)21(30)29(2)3)27-14-17-8-9-20(19(24)13-17)31-18-7-6-12-26-15-18;/h6-9,12-13,15H,4-5,10-11,14,16H2,1-3H3,(H2,25,27,28);1H. The molecule has 2 N–H and O–H groups in total. The Labute approximate surface area is 205 Å². The van der Waals surface area contributed by atoms with Crippen LogP contribution in [0.1, 0.15) is 31.2 Å². The van der Waals surface area contributed by atoms with Crippen LogP contribution in [0.25, 0.3) is 0 Å². The number of pyridine rings is 1. The molecule has 0 aliphatic heterocycles. The maximum atomic E-state index is 14.4. The predicted octanol–water partition coefficient (Wildman–Crippen LogP) is 3.94. The van der Waals surface area contributed by atoms with E-state index in [1.165, 1.54) is 12.3 Å². The molecule has 1 fully saturated rings. The minimum Gasteiger partial charge on any atom is -0.453 e. The van der Waals surface area contributed by atoms with E-state index in [0.29, 0.717) is 24.8 Å². The van der Waals surface area contributed by atoms with Gasteiger partial charge in [-0.1, -0.05) is 18.9 Å². The topological polar surface area (TPSA) is 78.9 Å². The van der Waals surface area contributed by atoms with Crippen molar-refractivity contribution in [1.82, 2.24) is 20.5 Å². The van der Waals surface area contributed by atoms with Crippen LogP contribution in [0, 0.1) is 11.2 Å². The molecular weight excluding hydrogens is 524 g/mol. The lowest BCUT2D eigenvalue weighted by molar-refractivity contribution is -0.138. The SMILES string of the molecule is CN=C(NCc1ccc(Oc2cccnc2)c(F)c1)NCC1(C(=O)N(C)C)CCCC1.I. The fraction of sp³-hybridized carbons (Fsp3) is 0.435. The largest absolute Gasteiger partial charge is 0.453 e. The van der Waals surface area contributed by atoms with E-state index in [2.05, 4.69) is 20.6 Å². The van der Waals surface area contributed by atoms with Crippen LogP contribution in [-0.4, -0.2) is 49.4 Å². The summed E-state index contributed by atoms with van der Waals surface area (Å²) >= 11 is 0. The van der Waals surface area contributed by atoms with E-state index < -0.39 is 11.2 Å². The molecule has 0 saturated heterocycles.